The molecule has 1 amide bonds. The predicted octanol–water partition coefficient (Wildman–Crippen LogP) is 3.21. The number of amides is 1. The van der Waals surface area contributed by atoms with Crippen molar-refractivity contribution in [1.82, 2.24) is 14.1 Å². The number of nitrogens with zero attached hydrogens (tertiary/aromatic N) is 3. The highest BCUT2D eigenvalue weighted by Crippen LogP contribution is 2.28. The second kappa shape index (κ2) is 8.38. The molecule has 164 valence electrons. The molecule has 2 unspecified atom stereocenters. The van der Waals surface area contributed by atoms with Crippen LogP contribution in [-0.4, -0.2) is 41.5 Å². The van der Waals surface area contributed by atoms with Crippen molar-refractivity contribution in [3.63, 3.8) is 0 Å². The van der Waals surface area contributed by atoms with Crippen LogP contribution in [0.2, 0.25) is 0 Å². The lowest BCUT2D eigenvalue weighted by Crippen LogP contribution is -2.42. The fourth-order valence-corrected chi connectivity index (χ4v) is 5.29. The standard InChI is InChI=1S/C19H23F3N4O3S/c1-13-9-14(2)11-26(10-13)30(28,29)16-5-3-15(4-6-16)23-18(27)12-25-8-7-17(24-25)19(20,21)22/h3-8,13-14H,9-12H2,1-2H3,(H,23,27). The van der Waals surface area contributed by atoms with Gasteiger partial charge in [0.15, 0.2) is 5.69 Å². The predicted molar refractivity (Wildman–Crippen MR) is 104 cm³/mol. The molecule has 1 aromatic carbocycles. The first kappa shape index (κ1) is 22.3. The van der Waals surface area contributed by atoms with Gasteiger partial charge in [-0.3, -0.25) is 9.48 Å². The summed E-state index contributed by atoms with van der Waals surface area (Å²) in [6.45, 7) is 4.58. The first-order chi connectivity index (χ1) is 13.9. The number of carbonyl (C=O) groups excluding carboxylic acids is 1. The van der Waals surface area contributed by atoms with E-state index < -0.39 is 34.3 Å². The van der Waals surface area contributed by atoms with Gasteiger partial charge in [0.2, 0.25) is 15.9 Å². The maximum atomic E-state index is 12.9. The fourth-order valence-electron chi connectivity index (χ4n) is 3.61. The lowest BCUT2D eigenvalue weighted by molar-refractivity contribution is -0.141. The second-order valence-electron chi connectivity index (χ2n) is 7.74. The van der Waals surface area contributed by atoms with Crippen LogP contribution in [0, 0.1) is 11.8 Å². The minimum absolute atomic E-state index is 0.128. The summed E-state index contributed by atoms with van der Waals surface area (Å²) >= 11 is 0. The quantitative estimate of drug-likeness (QED) is 0.768. The van der Waals surface area contributed by atoms with E-state index in [-0.39, 0.29) is 16.7 Å². The Morgan fingerprint density at radius 2 is 1.73 bits per heavy atom. The molecule has 1 aromatic heterocycles. The third-order valence-corrected chi connectivity index (χ3v) is 6.69. The smallest absolute Gasteiger partial charge is 0.324 e. The summed E-state index contributed by atoms with van der Waals surface area (Å²) in [7, 11) is -3.63. The van der Waals surface area contributed by atoms with Crippen LogP contribution in [0.3, 0.4) is 0 Å². The van der Waals surface area contributed by atoms with Crippen molar-refractivity contribution in [2.75, 3.05) is 18.4 Å². The number of hydrogen-bond donors (Lipinski definition) is 1. The van der Waals surface area contributed by atoms with Gasteiger partial charge >= 0.3 is 6.18 Å². The van der Waals surface area contributed by atoms with Crippen molar-refractivity contribution in [2.24, 2.45) is 11.8 Å². The third kappa shape index (κ3) is 5.20. The van der Waals surface area contributed by atoms with E-state index in [1.165, 1.54) is 28.6 Å². The molecule has 1 aliphatic rings. The number of halogens is 3. The van der Waals surface area contributed by atoms with Gasteiger partial charge in [-0.25, -0.2) is 8.42 Å². The Kier molecular flexibility index (Phi) is 6.23. The van der Waals surface area contributed by atoms with Gasteiger partial charge < -0.3 is 5.32 Å². The summed E-state index contributed by atoms with van der Waals surface area (Å²) in [4.78, 5) is 12.2. The Labute approximate surface area is 172 Å². The number of rotatable bonds is 5. The van der Waals surface area contributed by atoms with Crippen molar-refractivity contribution < 1.29 is 26.4 Å². The van der Waals surface area contributed by atoms with Crippen molar-refractivity contribution in [2.45, 2.75) is 37.9 Å². The Balaban J connectivity index is 1.64. The Hall–Kier alpha value is -2.40. The van der Waals surface area contributed by atoms with Gasteiger partial charge in [-0.15, -0.1) is 0 Å². The molecule has 2 atom stereocenters. The molecule has 2 heterocycles. The van der Waals surface area contributed by atoms with Gasteiger partial charge in [-0.1, -0.05) is 13.8 Å². The van der Waals surface area contributed by atoms with Crippen molar-refractivity contribution in [1.29, 1.82) is 0 Å². The van der Waals surface area contributed by atoms with Gasteiger partial charge in [0.1, 0.15) is 6.54 Å². The molecule has 1 N–H and O–H groups in total. The minimum Gasteiger partial charge on any atom is -0.324 e. The number of hydrogen-bond acceptors (Lipinski definition) is 4. The molecule has 2 aromatic rings. The van der Waals surface area contributed by atoms with Crippen LogP contribution in [0.5, 0.6) is 0 Å². The zero-order valence-corrected chi connectivity index (χ0v) is 17.4. The van der Waals surface area contributed by atoms with Crippen LogP contribution in [-0.2, 0) is 27.5 Å². The van der Waals surface area contributed by atoms with Crippen LogP contribution in [0.1, 0.15) is 26.0 Å². The topological polar surface area (TPSA) is 84.3 Å². The maximum absolute atomic E-state index is 12.9. The lowest BCUT2D eigenvalue weighted by atomic mass is 9.94. The van der Waals surface area contributed by atoms with E-state index in [0.29, 0.717) is 18.8 Å². The largest absolute Gasteiger partial charge is 0.435 e. The monoisotopic (exact) mass is 444 g/mol. The summed E-state index contributed by atoms with van der Waals surface area (Å²) in [5.41, 5.74) is -0.742. The molecule has 7 nitrogen and oxygen atoms in total. The zero-order chi connectivity index (χ0) is 22.1. The highest BCUT2D eigenvalue weighted by atomic mass is 32.2. The van der Waals surface area contributed by atoms with Crippen molar-refractivity contribution >= 4 is 21.6 Å². The van der Waals surface area contributed by atoms with Crippen molar-refractivity contribution in [3.8, 4) is 0 Å². The lowest BCUT2D eigenvalue weighted by Gasteiger charge is -2.34. The molecule has 0 spiro atoms. The number of benzene rings is 1. The van der Waals surface area contributed by atoms with Gasteiger partial charge in [0.05, 0.1) is 4.90 Å². The molecule has 0 aliphatic carbocycles. The molecule has 1 saturated heterocycles. The van der Waals surface area contributed by atoms with E-state index in [4.69, 9.17) is 0 Å². The molecule has 0 bridgehead atoms. The average molecular weight is 444 g/mol. The van der Waals surface area contributed by atoms with Gasteiger partial charge in [-0.2, -0.15) is 22.6 Å². The third-order valence-electron chi connectivity index (χ3n) is 4.85. The highest BCUT2D eigenvalue weighted by molar-refractivity contribution is 7.89. The number of nitrogens with one attached hydrogen (secondary N) is 1. The van der Waals surface area contributed by atoms with Gasteiger partial charge in [-0.05, 0) is 48.6 Å². The molecular weight excluding hydrogens is 421 g/mol. The minimum atomic E-state index is -4.58. The SMILES string of the molecule is CC1CC(C)CN(S(=O)(=O)c2ccc(NC(=O)Cn3ccc(C(F)(F)F)n3)cc2)C1. The van der Waals surface area contributed by atoms with Crippen LogP contribution in [0.15, 0.2) is 41.4 Å². The maximum Gasteiger partial charge on any atom is 0.435 e. The van der Waals surface area contributed by atoms with E-state index in [1.54, 1.807) is 0 Å². The van der Waals surface area contributed by atoms with Gasteiger partial charge in [0.25, 0.3) is 0 Å². The first-order valence-corrected chi connectivity index (χ1v) is 10.9. The van der Waals surface area contributed by atoms with E-state index in [9.17, 15) is 26.4 Å². The molecule has 0 saturated carbocycles. The van der Waals surface area contributed by atoms with Crippen LogP contribution >= 0.6 is 0 Å². The van der Waals surface area contributed by atoms with E-state index in [0.717, 1.165) is 23.4 Å². The number of carbonyl (C=O) groups is 1. The molecule has 11 heteroatoms. The molecule has 1 aliphatic heterocycles. The summed E-state index contributed by atoms with van der Waals surface area (Å²) < 4.78 is 65.8. The molecule has 3 rings (SSSR count). The number of aromatic nitrogens is 2. The number of piperidine rings is 1. The fraction of sp³-hybridized carbons (Fsp3) is 0.474. The normalized spacial score (nSPS) is 20.8. The zero-order valence-electron chi connectivity index (χ0n) is 16.6. The Morgan fingerprint density at radius 1 is 1.13 bits per heavy atom. The highest BCUT2D eigenvalue weighted by Gasteiger charge is 2.34. The number of anilines is 1. The first-order valence-electron chi connectivity index (χ1n) is 9.46. The van der Waals surface area contributed by atoms with Crippen molar-refractivity contribution in [3.05, 3.63) is 42.2 Å². The van der Waals surface area contributed by atoms with Crippen LogP contribution in [0.25, 0.3) is 0 Å². The summed E-state index contributed by atoms with van der Waals surface area (Å²) in [6.07, 6.45) is -2.52. The molecule has 1 fully saturated rings. The van der Waals surface area contributed by atoms with E-state index in [1.807, 2.05) is 13.8 Å². The average Bonchev–Trinajstić information content (AvgIpc) is 3.10. The number of sulfonamides is 1. The Bertz CT molecular complexity index is 993. The van der Waals surface area contributed by atoms with E-state index >= 15 is 0 Å². The summed E-state index contributed by atoms with van der Waals surface area (Å²) in [6, 6.07) is 6.50. The van der Waals surface area contributed by atoms with Crippen LogP contribution in [0.4, 0.5) is 18.9 Å². The second-order valence-corrected chi connectivity index (χ2v) is 9.67. The number of alkyl halides is 3. The molecule has 30 heavy (non-hydrogen) atoms. The van der Waals surface area contributed by atoms with Gasteiger partial charge in [0, 0.05) is 25.0 Å². The van der Waals surface area contributed by atoms with E-state index in [2.05, 4.69) is 10.4 Å². The molecular formula is C19H23F3N4O3S. The summed E-state index contributed by atoms with van der Waals surface area (Å²) in [5.74, 6) is -0.0226. The summed E-state index contributed by atoms with van der Waals surface area (Å²) in [5, 5.41) is 5.84. The Morgan fingerprint density at radius 3 is 2.27 bits per heavy atom. The van der Waals surface area contributed by atoms with Crippen LogP contribution < -0.4 is 5.32 Å². The molecule has 0 radical (unpaired) electrons.